The second kappa shape index (κ2) is 5.17. The number of methoxy groups -OCH3 is 1. The van der Waals surface area contributed by atoms with E-state index in [9.17, 15) is 9.59 Å². The summed E-state index contributed by atoms with van der Waals surface area (Å²) in [5, 5.41) is 0. The van der Waals surface area contributed by atoms with Gasteiger partial charge in [0.15, 0.2) is 0 Å². The van der Waals surface area contributed by atoms with E-state index in [1.54, 1.807) is 0 Å². The summed E-state index contributed by atoms with van der Waals surface area (Å²) in [5.74, 6) is -0.270. The second-order valence-corrected chi connectivity index (χ2v) is 2.94. The van der Waals surface area contributed by atoms with E-state index in [1.807, 2.05) is 24.3 Å². The van der Waals surface area contributed by atoms with Crippen LogP contribution in [0, 0.1) is 0 Å². The summed E-state index contributed by atoms with van der Waals surface area (Å²) < 4.78 is 4.55. The molecule has 0 amide bonds. The highest BCUT2D eigenvalue weighted by Crippen LogP contribution is 2.06. The summed E-state index contributed by atoms with van der Waals surface area (Å²) in [5.41, 5.74) is 1.79. The Labute approximate surface area is 82.7 Å². The smallest absolute Gasteiger partial charge is 0.309 e. The zero-order chi connectivity index (χ0) is 10.4. The predicted molar refractivity (Wildman–Crippen MR) is 51.9 cm³/mol. The first kappa shape index (κ1) is 10.4. The van der Waals surface area contributed by atoms with Crippen LogP contribution in [0.3, 0.4) is 0 Å². The lowest BCUT2D eigenvalue weighted by atomic mass is 10.1. The Balaban J connectivity index is 2.72. The number of aldehydes is 1. The molecule has 0 heterocycles. The molecule has 0 atom stereocenters. The number of esters is 1. The first-order valence-electron chi connectivity index (χ1n) is 4.34. The molecule has 0 aliphatic carbocycles. The van der Waals surface area contributed by atoms with E-state index in [4.69, 9.17) is 0 Å². The quantitative estimate of drug-likeness (QED) is 0.530. The SMILES string of the molecule is COC(=O)Cc1cccc(CC=O)c1. The minimum Gasteiger partial charge on any atom is -0.469 e. The molecular formula is C11H12O3. The summed E-state index contributed by atoms with van der Waals surface area (Å²) in [6.45, 7) is 0. The fraction of sp³-hybridized carbons (Fsp3) is 0.273. The van der Waals surface area contributed by atoms with Crippen molar-refractivity contribution in [1.82, 2.24) is 0 Å². The molecule has 0 aromatic heterocycles. The van der Waals surface area contributed by atoms with Crippen molar-refractivity contribution in [2.24, 2.45) is 0 Å². The van der Waals surface area contributed by atoms with Crippen molar-refractivity contribution < 1.29 is 14.3 Å². The summed E-state index contributed by atoms with van der Waals surface area (Å²) in [7, 11) is 1.36. The van der Waals surface area contributed by atoms with Gasteiger partial charge in [-0.05, 0) is 11.1 Å². The van der Waals surface area contributed by atoms with Crippen molar-refractivity contribution in [2.75, 3.05) is 7.11 Å². The standard InChI is InChI=1S/C11H12O3/c1-14-11(13)8-10-4-2-3-9(7-10)5-6-12/h2-4,6-7H,5,8H2,1H3. The van der Waals surface area contributed by atoms with Crippen LogP contribution in [0.25, 0.3) is 0 Å². The minimum atomic E-state index is -0.270. The van der Waals surface area contributed by atoms with Crippen LogP contribution in [0.15, 0.2) is 24.3 Å². The molecule has 1 aromatic carbocycles. The molecule has 1 aromatic rings. The monoisotopic (exact) mass is 192 g/mol. The Bertz CT molecular complexity index is 331. The maximum absolute atomic E-state index is 11.0. The van der Waals surface area contributed by atoms with Gasteiger partial charge in [0.05, 0.1) is 13.5 Å². The van der Waals surface area contributed by atoms with Gasteiger partial charge in [0.1, 0.15) is 6.29 Å². The molecule has 0 N–H and O–H groups in total. The number of benzene rings is 1. The molecule has 74 valence electrons. The van der Waals surface area contributed by atoms with Gasteiger partial charge in [-0.1, -0.05) is 24.3 Å². The molecule has 14 heavy (non-hydrogen) atoms. The summed E-state index contributed by atoms with van der Waals surface area (Å²) in [6.07, 6.45) is 1.48. The third-order valence-corrected chi connectivity index (χ3v) is 1.89. The van der Waals surface area contributed by atoms with Crippen LogP contribution in [0.4, 0.5) is 0 Å². The fourth-order valence-corrected chi connectivity index (χ4v) is 1.20. The zero-order valence-corrected chi connectivity index (χ0v) is 8.03. The van der Waals surface area contributed by atoms with E-state index in [0.29, 0.717) is 6.42 Å². The molecule has 0 fully saturated rings. The van der Waals surface area contributed by atoms with Crippen molar-refractivity contribution >= 4 is 12.3 Å². The van der Waals surface area contributed by atoms with E-state index >= 15 is 0 Å². The van der Waals surface area contributed by atoms with E-state index < -0.39 is 0 Å². The second-order valence-electron chi connectivity index (χ2n) is 2.94. The van der Waals surface area contributed by atoms with Crippen LogP contribution in [-0.4, -0.2) is 19.4 Å². The Kier molecular flexibility index (Phi) is 3.85. The van der Waals surface area contributed by atoms with Crippen molar-refractivity contribution in [3.8, 4) is 0 Å². The molecule has 0 spiro atoms. The molecule has 3 heteroatoms. The first-order chi connectivity index (χ1) is 6.76. The number of hydrogen-bond acceptors (Lipinski definition) is 3. The maximum Gasteiger partial charge on any atom is 0.309 e. The topological polar surface area (TPSA) is 43.4 Å². The average molecular weight is 192 g/mol. The van der Waals surface area contributed by atoms with Crippen LogP contribution in [0.1, 0.15) is 11.1 Å². The van der Waals surface area contributed by atoms with Gasteiger partial charge in [-0.25, -0.2) is 0 Å². The molecule has 3 nitrogen and oxygen atoms in total. The molecule has 0 bridgehead atoms. The van der Waals surface area contributed by atoms with Gasteiger partial charge < -0.3 is 9.53 Å². The van der Waals surface area contributed by atoms with Gasteiger partial charge in [-0.2, -0.15) is 0 Å². The number of carbonyl (C=O) groups excluding carboxylic acids is 2. The van der Waals surface area contributed by atoms with E-state index in [2.05, 4.69) is 4.74 Å². The molecule has 0 radical (unpaired) electrons. The van der Waals surface area contributed by atoms with E-state index in [1.165, 1.54) is 7.11 Å². The molecule has 1 rings (SSSR count). The molecular weight excluding hydrogens is 180 g/mol. The Morgan fingerprint density at radius 2 is 2.14 bits per heavy atom. The normalized spacial score (nSPS) is 9.50. The van der Waals surface area contributed by atoms with Crippen LogP contribution < -0.4 is 0 Å². The van der Waals surface area contributed by atoms with Gasteiger partial charge in [0.25, 0.3) is 0 Å². The lowest BCUT2D eigenvalue weighted by molar-refractivity contribution is -0.139. The molecule has 0 aliphatic rings. The Morgan fingerprint density at radius 3 is 2.79 bits per heavy atom. The number of hydrogen-bond donors (Lipinski definition) is 0. The van der Waals surface area contributed by atoms with Crippen LogP contribution in [0.5, 0.6) is 0 Å². The molecule has 0 saturated carbocycles. The van der Waals surface area contributed by atoms with Crippen LogP contribution in [-0.2, 0) is 27.2 Å². The summed E-state index contributed by atoms with van der Waals surface area (Å²) >= 11 is 0. The highest BCUT2D eigenvalue weighted by molar-refractivity contribution is 5.72. The molecule has 0 aliphatic heterocycles. The van der Waals surface area contributed by atoms with Crippen LogP contribution in [0.2, 0.25) is 0 Å². The lowest BCUT2D eigenvalue weighted by Gasteiger charge is -2.01. The zero-order valence-electron chi connectivity index (χ0n) is 8.03. The van der Waals surface area contributed by atoms with Gasteiger partial charge in [-0.3, -0.25) is 4.79 Å². The van der Waals surface area contributed by atoms with Crippen molar-refractivity contribution in [3.63, 3.8) is 0 Å². The van der Waals surface area contributed by atoms with Gasteiger partial charge in [0.2, 0.25) is 0 Å². The predicted octanol–water partition coefficient (Wildman–Crippen LogP) is 1.14. The number of rotatable bonds is 4. The van der Waals surface area contributed by atoms with Gasteiger partial charge in [0, 0.05) is 6.42 Å². The summed E-state index contributed by atoms with van der Waals surface area (Å²) in [4.78, 5) is 21.2. The third kappa shape index (κ3) is 3.01. The highest BCUT2D eigenvalue weighted by atomic mass is 16.5. The van der Waals surface area contributed by atoms with Crippen molar-refractivity contribution in [1.29, 1.82) is 0 Å². The van der Waals surface area contributed by atoms with E-state index in [-0.39, 0.29) is 12.4 Å². The summed E-state index contributed by atoms with van der Waals surface area (Å²) in [6, 6.07) is 7.36. The van der Waals surface area contributed by atoms with Crippen molar-refractivity contribution in [3.05, 3.63) is 35.4 Å². The number of ether oxygens (including phenoxy) is 1. The maximum atomic E-state index is 11.0. The lowest BCUT2D eigenvalue weighted by Crippen LogP contribution is -2.04. The van der Waals surface area contributed by atoms with Crippen molar-refractivity contribution in [2.45, 2.75) is 12.8 Å². The number of carbonyl (C=O) groups is 2. The highest BCUT2D eigenvalue weighted by Gasteiger charge is 2.02. The largest absolute Gasteiger partial charge is 0.469 e. The van der Waals surface area contributed by atoms with Gasteiger partial charge >= 0.3 is 5.97 Å². The third-order valence-electron chi connectivity index (χ3n) is 1.89. The first-order valence-corrected chi connectivity index (χ1v) is 4.34. The molecule has 0 saturated heterocycles. The van der Waals surface area contributed by atoms with E-state index in [0.717, 1.165) is 17.4 Å². The fourth-order valence-electron chi connectivity index (χ4n) is 1.20. The van der Waals surface area contributed by atoms with Gasteiger partial charge in [-0.15, -0.1) is 0 Å². The van der Waals surface area contributed by atoms with Crippen LogP contribution >= 0.6 is 0 Å². The average Bonchev–Trinajstić information content (AvgIpc) is 2.19. The Hall–Kier alpha value is -1.64. The minimum absolute atomic E-state index is 0.253. The Morgan fingerprint density at radius 1 is 1.43 bits per heavy atom. The molecule has 0 unspecified atom stereocenters.